The normalized spacial score (nSPS) is 12.9. The van der Waals surface area contributed by atoms with Gasteiger partial charge in [-0.15, -0.1) is 0 Å². The molecule has 1 aromatic rings. The highest BCUT2D eigenvalue weighted by Crippen LogP contribution is 2.06. The Bertz CT molecular complexity index is 333. The van der Waals surface area contributed by atoms with Crippen LogP contribution in [0.15, 0.2) is 36.4 Å². The highest BCUT2D eigenvalue weighted by molar-refractivity contribution is 5.70. The lowest BCUT2D eigenvalue weighted by molar-refractivity contribution is -0.141. The summed E-state index contributed by atoms with van der Waals surface area (Å²) in [6.07, 6.45) is 4.23. The number of nitrogens with two attached hydrogens (primary N) is 1. The number of benzene rings is 1. The molecule has 0 aliphatic carbocycles. The molecule has 0 aliphatic heterocycles. The van der Waals surface area contributed by atoms with E-state index in [-0.39, 0.29) is 6.54 Å². The fourth-order valence-corrected chi connectivity index (χ4v) is 1.23. The van der Waals surface area contributed by atoms with E-state index in [2.05, 4.69) is 0 Å². The molecule has 0 aliphatic rings. The van der Waals surface area contributed by atoms with Crippen molar-refractivity contribution in [1.29, 1.82) is 0 Å². The van der Waals surface area contributed by atoms with Crippen LogP contribution in [0, 0.1) is 5.92 Å². The van der Waals surface area contributed by atoms with E-state index < -0.39 is 11.9 Å². The maximum atomic E-state index is 10.7. The number of rotatable bonds is 5. The summed E-state index contributed by atoms with van der Waals surface area (Å²) in [6, 6.07) is 9.76. The Kier molecular flexibility index (Phi) is 4.57. The number of carbonyl (C=O) groups is 1. The first-order valence-electron chi connectivity index (χ1n) is 4.88. The molecule has 0 saturated carbocycles. The van der Waals surface area contributed by atoms with Crippen molar-refractivity contribution >= 4 is 12.0 Å². The third-order valence-electron chi connectivity index (χ3n) is 2.16. The Balaban J connectivity index is 2.49. The molecule has 0 bridgehead atoms. The zero-order valence-electron chi connectivity index (χ0n) is 8.47. The largest absolute Gasteiger partial charge is 0.481 e. The van der Waals surface area contributed by atoms with E-state index >= 15 is 0 Å². The molecule has 0 spiro atoms. The van der Waals surface area contributed by atoms with E-state index in [9.17, 15) is 4.79 Å². The number of carboxylic acids is 1. The van der Waals surface area contributed by atoms with Crippen LogP contribution in [0.25, 0.3) is 6.08 Å². The molecule has 1 rings (SSSR count). The van der Waals surface area contributed by atoms with Crippen molar-refractivity contribution in [1.82, 2.24) is 0 Å². The summed E-state index contributed by atoms with van der Waals surface area (Å²) >= 11 is 0. The Morgan fingerprint density at radius 1 is 1.40 bits per heavy atom. The van der Waals surface area contributed by atoms with Gasteiger partial charge >= 0.3 is 5.97 Å². The van der Waals surface area contributed by atoms with Crippen molar-refractivity contribution in [2.75, 3.05) is 6.54 Å². The second-order valence-corrected chi connectivity index (χ2v) is 3.32. The third kappa shape index (κ3) is 3.95. The number of carboxylic acid groups (broad SMARTS) is 1. The first kappa shape index (κ1) is 11.5. The number of hydrogen-bond acceptors (Lipinski definition) is 2. The Morgan fingerprint density at radius 3 is 2.60 bits per heavy atom. The minimum absolute atomic E-state index is 0.175. The minimum Gasteiger partial charge on any atom is -0.481 e. The highest BCUT2D eigenvalue weighted by atomic mass is 16.4. The number of allylic oxidation sites excluding steroid dienone is 1. The average Bonchev–Trinajstić information content (AvgIpc) is 2.25. The van der Waals surface area contributed by atoms with E-state index in [0.29, 0.717) is 6.42 Å². The van der Waals surface area contributed by atoms with Crippen LogP contribution in [0.5, 0.6) is 0 Å². The fourth-order valence-electron chi connectivity index (χ4n) is 1.23. The summed E-state index contributed by atoms with van der Waals surface area (Å²) in [5.74, 6) is -1.32. The lowest BCUT2D eigenvalue weighted by Gasteiger charge is -2.04. The smallest absolute Gasteiger partial charge is 0.308 e. The van der Waals surface area contributed by atoms with E-state index in [0.717, 1.165) is 5.56 Å². The van der Waals surface area contributed by atoms with E-state index in [1.807, 2.05) is 42.5 Å². The molecule has 3 heteroatoms. The van der Waals surface area contributed by atoms with Gasteiger partial charge < -0.3 is 10.8 Å². The maximum Gasteiger partial charge on any atom is 0.308 e. The van der Waals surface area contributed by atoms with Gasteiger partial charge in [-0.25, -0.2) is 0 Å². The van der Waals surface area contributed by atoms with Gasteiger partial charge in [0.05, 0.1) is 5.92 Å². The van der Waals surface area contributed by atoms with Crippen molar-refractivity contribution in [2.24, 2.45) is 11.7 Å². The van der Waals surface area contributed by atoms with Gasteiger partial charge in [0.2, 0.25) is 0 Å². The quantitative estimate of drug-likeness (QED) is 0.769. The summed E-state index contributed by atoms with van der Waals surface area (Å²) in [5.41, 5.74) is 6.41. The molecule has 1 atom stereocenters. The van der Waals surface area contributed by atoms with E-state index in [1.54, 1.807) is 0 Å². The fraction of sp³-hybridized carbons (Fsp3) is 0.250. The van der Waals surface area contributed by atoms with Crippen LogP contribution in [0.4, 0.5) is 0 Å². The molecule has 0 radical (unpaired) electrons. The average molecular weight is 205 g/mol. The molecule has 3 N–H and O–H groups in total. The van der Waals surface area contributed by atoms with Gasteiger partial charge in [0.1, 0.15) is 0 Å². The van der Waals surface area contributed by atoms with Gasteiger partial charge in [-0.2, -0.15) is 0 Å². The summed E-state index contributed by atoms with van der Waals surface area (Å²) < 4.78 is 0. The molecule has 3 nitrogen and oxygen atoms in total. The zero-order valence-corrected chi connectivity index (χ0v) is 8.47. The molecule has 1 aromatic carbocycles. The summed E-state index contributed by atoms with van der Waals surface area (Å²) in [7, 11) is 0. The first-order valence-corrected chi connectivity index (χ1v) is 4.88. The van der Waals surface area contributed by atoms with Crippen LogP contribution in [0.2, 0.25) is 0 Å². The van der Waals surface area contributed by atoms with E-state index in [4.69, 9.17) is 10.8 Å². The molecule has 15 heavy (non-hydrogen) atoms. The van der Waals surface area contributed by atoms with Crippen molar-refractivity contribution in [2.45, 2.75) is 6.42 Å². The van der Waals surface area contributed by atoms with Gasteiger partial charge in [-0.3, -0.25) is 4.79 Å². The summed E-state index contributed by atoms with van der Waals surface area (Å²) in [4.78, 5) is 10.7. The SMILES string of the molecule is NCC(CC=Cc1ccccc1)C(=O)O. The van der Waals surface area contributed by atoms with Crippen LogP contribution in [-0.2, 0) is 4.79 Å². The predicted molar refractivity (Wildman–Crippen MR) is 60.3 cm³/mol. The third-order valence-corrected chi connectivity index (χ3v) is 2.16. The number of hydrogen-bond donors (Lipinski definition) is 2. The Hall–Kier alpha value is -1.61. The molecular weight excluding hydrogens is 190 g/mol. The number of aliphatic carboxylic acids is 1. The van der Waals surface area contributed by atoms with Crippen LogP contribution in [-0.4, -0.2) is 17.6 Å². The molecule has 0 aromatic heterocycles. The van der Waals surface area contributed by atoms with Crippen molar-refractivity contribution in [3.05, 3.63) is 42.0 Å². The molecular formula is C12H15NO2. The molecule has 0 heterocycles. The van der Waals surface area contributed by atoms with Crippen LogP contribution in [0.3, 0.4) is 0 Å². The maximum absolute atomic E-state index is 10.7. The van der Waals surface area contributed by atoms with Gasteiger partial charge in [0.15, 0.2) is 0 Å². The van der Waals surface area contributed by atoms with Crippen LogP contribution >= 0.6 is 0 Å². The topological polar surface area (TPSA) is 63.3 Å². The molecule has 1 unspecified atom stereocenters. The lowest BCUT2D eigenvalue weighted by Crippen LogP contribution is -2.22. The van der Waals surface area contributed by atoms with Crippen molar-refractivity contribution < 1.29 is 9.90 Å². The molecule has 0 saturated heterocycles. The molecule has 80 valence electrons. The minimum atomic E-state index is -0.838. The van der Waals surface area contributed by atoms with Gasteiger partial charge in [-0.1, -0.05) is 42.5 Å². The summed E-state index contributed by atoms with van der Waals surface area (Å²) in [5, 5.41) is 8.76. The van der Waals surface area contributed by atoms with Gasteiger partial charge in [0, 0.05) is 6.54 Å². The second kappa shape index (κ2) is 5.98. The van der Waals surface area contributed by atoms with Gasteiger partial charge in [0.25, 0.3) is 0 Å². The highest BCUT2D eigenvalue weighted by Gasteiger charge is 2.12. The Labute approximate surface area is 89.2 Å². The van der Waals surface area contributed by atoms with Crippen molar-refractivity contribution in [3.63, 3.8) is 0 Å². The van der Waals surface area contributed by atoms with Crippen LogP contribution in [0.1, 0.15) is 12.0 Å². The van der Waals surface area contributed by atoms with Gasteiger partial charge in [-0.05, 0) is 12.0 Å². The molecule has 0 fully saturated rings. The van der Waals surface area contributed by atoms with Crippen LogP contribution < -0.4 is 5.73 Å². The second-order valence-electron chi connectivity index (χ2n) is 3.32. The van der Waals surface area contributed by atoms with E-state index in [1.165, 1.54) is 0 Å². The predicted octanol–water partition coefficient (Wildman–Crippen LogP) is 1.75. The first-order chi connectivity index (χ1) is 7.24. The Morgan fingerprint density at radius 2 is 2.07 bits per heavy atom. The zero-order chi connectivity index (χ0) is 11.1. The van der Waals surface area contributed by atoms with Crippen molar-refractivity contribution in [3.8, 4) is 0 Å². The monoisotopic (exact) mass is 205 g/mol. The molecule has 0 amide bonds. The lowest BCUT2D eigenvalue weighted by atomic mass is 10.1. The summed E-state index contributed by atoms with van der Waals surface area (Å²) in [6.45, 7) is 0.175. The standard InChI is InChI=1S/C12H15NO2/c13-9-11(12(14)15)8-4-7-10-5-2-1-3-6-10/h1-7,11H,8-9,13H2,(H,14,15).